The van der Waals surface area contributed by atoms with Crippen molar-refractivity contribution >= 4 is 29.3 Å². The zero-order valence-corrected chi connectivity index (χ0v) is 23.8. The number of rotatable bonds is 7. The molecule has 2 fully saturated rings. The second-order valence-corrected chi connectivity index (χ2v) is 11.7. The minimum atomic E-state index is -2.43. The first-order valence-electron chi connectivity index (χ1n) is 14.1. The van der Waals surface area contributed by atoms with Gasteiger partial charge in [-0.15, -0.1) is 11.8 Å². The number of aromatic amines is 1. The monoisotopic (exact) mass is 563 g/mol. The van der Waals surface area contributed by atoms with Crippen molar-refractivity contribution in [3.05, 3.63) is 49.9 Å². The van der Waals surface area contributed by atoms with Gasteiger partial charge in [0.05, 0.1) is 13.9 Å². The number of aromatic nitrogens is 1. The summed E-state index contributed by atoms with van der Waals surface area (Å²) in [4.78, 5) is 31.6. The fourth-order valence-electron chi connectivity index (χ4n) is 5.59. The van der Waals surface area contributed by atoms with Gasteiger partial charge in [-0.2, -0.15) is 0 Å². The van der Waals surface area contributed by atoms with Crippen molar-refractivity contribution in [3.63, 3.8) is 0 Å². The van der Waals surface area contributed by atoms with Gasteiger partial charge >= 0.3 is 0 Å². The van der Waals surface area contributed by atoms with Gasteiger partial charge < -0.3 is 29.4 Å². The van der Waals surface area contributed by atoms with Crippen molar-refractivity contribution in [1.82, 2.24) is 15.2 Å². The molecule has 1 amide bonds. The van der Waals surface area contributed by atoms with E-state index in [4.69, 9.17) is 28.6 Å². The Labute approximate surface area is 235 Å². The standard InChI is InChI=1S/C28H36ClN3O5S/c1-16-12-23(38-4)21(27(34)31-16)14-30-26(33)20-13-22(29)25-24(17(20)2)36-28(3,37-25)18-7-9-32(10-8-18)15-19-6-5-11-35-19/h12-13,18-19H,5-11,14-15H2,1-4H3,(H,30,33)(H,31,34)/t19-,28+/m1/s1/i14D2. The highest BCUT2D eigenvalue weighted by atomic mass is 35.5. The predicted molar refractivity (Wildman–Crippen MR) is 149 cm³/mol. The molecule has 1 aromatic heterocycles. The Morgan fingerprint density at radius 3 is 2.68 bits per heavy atom. The number of ether oxygens (including phenoxy) is 3. The predicted octanol–water partition coefficient (Wildman–Crippen LogP) is 4.68. The van der Waals surface area contributed by atoms with E-state index in [1.807, 2.05) is 6.92 Å². The third-order valence-electron chi connectivity index (χ3n) is 7.76. The SMILES string of the molecule is [2H]C([2H])(NC(=O)c1cc(Cl)c2c(c1C)O[C@](C)(C1CCN(C[C@H]3CCCO3)CC1)O2)c1c(SC)cc(C)[nH]c1=O. The van der Waals surface area contributed by atoms with Crippen LogP contribution in [0.3, 0.4) is 0 Å². The van der Waals surface area contributed by atoms with Crippen LogP contribution in [0.4, 0.5) is 0 Å². The normalized spacial score (nSPS) is 24.8. The number of fused-ring (bicyclic) bond motifs is 1. The van der Waals surface area contributed by atoms with E-state index < -0.39 is 23.8 Å². The zero-order valence-electron chi connectivity index (χ0n) is 24.2. The van der Waals surface area contributed by atoms with Crippen LogP contribution in [-0.2, 0) is 11.2 Å². The number of thioether (sulfide) groups is 1. The second-order valence-electron chi connectivity index (χ2n) is 10.4. The molecule has 5 rings (SSSR count). The molecule has 2 aromatic rings. The molecule has 3 aliphatic rings. The van der Waals surface area contributed by atoms with E-state index in [1.165, 1.54) is 17.8 Å². The molecule has 0 radical (unpaired) electrons. The van der Waals surface area contributed by atoms with Gasteiger partial charge in [-0.1, -0.05) is 11.6 Å². The number of likely N-dealkylation sites (tertiary alicyclic amines) is 1. The molecule has 0 spiro atoms. The lowest BCUT2D eigenvalue weighted by molar-refractivity contribution is -0.126. The summed E-state index contributed by atoms with van der Waals surface area (Å²) in [5, 5.41) is 2.60. The number of halogens is 1. The molecule has 0 bridgehead atoms. The lowest BCUT2D eigenvalue weighted by atomic mass is 9.89. The molecule has 0 aliphatic carbocycles. The molecule has 2 saturated heterocycles. The molecular weight excluding hydrogens is 526 g/mol. The highest BCUT2D eigenvalue weighted by Crippen LogP contribution is 2.51. The quantitative estimate of drug-likeness (QED) is 0.473. The van der Waals surface area contributed by atoms with Gasteiger partial charge in [0.15, 0.2) is 11.5 Å². The molecule has 2 atom stereocenters. The average molecular weight is 564 g/mol. The smallest absolute Gasteiger partial charge is 0.254 e. The van der Waals surface area contributed by atoms with Gasteiger partial charge in [-0.05, 0) is 71.0 Å². The molecule has 2 N–H and O–H groups in total. The van der Waals surface area contributed by atoms with E-state index >= 15 is 0 Å². The summed E-state index contributed by atoms with van der Waals surface area (Å²) in [5.74, 6) is -0.735. The number of hydrogen-bond acceptors (Lipinski definition) is 7. The number of nitrogens with zero attached hydrogens (tertiary/aromatic N) is 1. The highest BCUT2D eigenvalue weighted by Gasteiger charge is 2.47. The lowest BCUT2D eigenvalue weighted by Gasteiger charge is -2.39. The molecule has 8 nitrogen and oxygen atoms in total. The van der Waals surface area contributed by atoms with Crippen LogP contribution < -0.4 is 20.3 Å². The fourth-order valence-corrected chi connectivity index (χ4v) is 6.46. The van der Waals surface area contributed by atoms with Gasteiger partial charge in [0.1, 0.15) is 0 Å². The Balaban J connectivity index is 1.32. The van der Waals surface area contributed by atoms with Crippen molar-refractivity contribution in [3.8, 4) is 11.5 Å². The number of H-pyrrole nitrogens is 1. The van der Waals surface area contributed by atoms with Gasteiger partial charge in [0.25, 0.3) is 17.3 Å². The molecule has 4 heterocycles. The largest absolute Gasteiger partial charge is 0.448 e. The Morgan fingerprint density at radius 1 is 1.26 bits per heavy atom. The Hall–Kier alpha value is -2.20. The first-order chi connectivity index (χ1) is 18.9. The molecule has 3 aliphatic heterocycles. The Bertz CT molecular complexity index is 1360. The molecular formula is C28H36ClN3O5S. The number of amides is 1. The molecule has 38 heavy (non-hydrogen) atoms. The van der Waals surface area contributed by atoms with Crippen LogP contribution in [0.25, 0.3) is 0 Å². The van der Waals surface area contributed by atoms with Crippen LogP contribution in [-0.4, -0.2) is 60.2 Å². The first kappa shape index (κ1) is 24.8. The molecule has 1 aromatic carbocycles. The van der Waals surface area contributed by atoms with Crippen LogP contribution in [0.15, 0.2) is 21.8 Å². The van der Waals surface area contributed by atoms with Crippen LogP contribution in [0.2, 0.25) is 5.02 Å². The summed E-state index contributed by atoms with van der Waals surface area (Å²) in [6.45, 7) is 6.59. The minimum absolute atomic E-state index is 0.126. The molecule has 0 saturated carbocycles. The summed E-state index contributed by atoms with van der Waals surface area (Å²) < 4.78 is 35.7. The van der Waals surface area contributed by atoms with Crippen molar-refractivity contribution in [2.24, 2.45) is 5.92 Å². The van der Waals surface area contributed by atoms with E-state index in [9.17, 15) is 9.59 Å². The van der Waals surface area contributed by atoms with Crippen LogP contribution in [0.1, 0.15) is 62.5 Å². The third-order valence-corrected chi connectivity index (χ3v) is 8.80. The number of aryl methyl sites for hydroxylation is 1. The fraction of sp³-hybridized carbons (Fsp3) is 0.571. The topological polar surface area (TPSA) is 92.9 Å². The Morgan fingerprint density at radius 2 is 2.00 bits per heavy atom. The summed E-state index contributed by atoms with van der Waals surface area (Å²) in [6, 6.07) is 3.15. The molecule has 0 unspecified atom stereocenters. The summed E-state index contributed by atoms with van der Waals surface area (Å²) >= 11 is 7.83. The van der Waals surface area contributed by atoms with Crippen LogP contribution in [0, 0.1) is 19.8 Å². The van der Waals surface area contributed by atoms with Gasteiger partial charge in [-0.25, -0.2) is 0 Å². The van der Waals surface area contributed by atoms with Crippen molar-refractivity contribution in [2.75, 3.05) is 32.5 Å². The number of benzene rings is 1. The number of piperidine rings is 1. The highest BCUT2D eigenvalue weighted by molar-refractivity contribution is 7.98. The minimum Gasteiger partial charge on any atom is -0.448 e. The molecule has 10 heteroatoms. The number of hydrogen-bond donors (Lipinski definition) is 2. The van der Waals surface area contributed by atoms with E-state index in [0.29, 0.717) is 33.8 Å². The lowest BCUT2D eigenvalue weighted by Crippen LogP contribution is -2.49. The van der Waals surface area contributed by atoms with Crippen molar-refractivity contribution in [2.45, 2.75) is 69.7 Å². The maximum atomic E-state index is 13.4. The zero-order chi connectivity index (χ0) is 28.8. The van der Waals surface area contributed by atoms with Gasteiger partial charge in [0, 0.05) is 59.8 Å². The second kappa shape index (κ2) is 11.1. The van der Waals surface area contributed by atoms with E-state index in [-0.39, 0.29) is 22.1 Å². The van der Waals surface area contributed by atoms with Gasteiger partial charge in [-0.3, -0.25) is 9.59 Å². The summed E-state index contributed by atoms with van der Waals surface area (Å²) in [7, 11) is 0. The maximum absolute atomic E-state index is 13.4. The first-order valence-corrected chi connectivity index (χ1v) is 14.7. The van der Waals surface area contributed by atoms with E-state index in [0.717, 1.165) is 51.9 Å². The van der Waals surface area contributed by atoms with Crippen LogP contribution >= 0.6 is 23.4 Å². The van der Waals surface area contributed by atoms with Gasteiger partial charge in [0.2, 0.25) is 0 Å². The maximum Gasteiger partial charge on any atom is 0.254 e. The average Bonchev–Trinajstić information content (AvgIpc) is 3.54. The van der Waals surface area contributed by atoms with E-state index in [2.05, 4.69) is 15.2 Å². The number of carbonyl (C=O) groups excluding carboxylic acids is 1. The molecule has 206 valence electrons. The Kier molecular flexibility index (Phi) is 7.26. The van der Waals surface area contributed by atoms with Crippen molar-refractivity contribution in [1.29, 1.82) is 0 Å². The van der Waals surface area contributed by atoms with E-state index in [1.54, 1.807) is 26.2 Å². The number of pyridine rings is 1. The number of carbonyl (C=O) groups is 1. The summed E-state index contributed by atoms with van der Waals surface area (Å²) in [5.41, 5.74) is 0.515. The summed E-state index contributed by atoms with van der Waals surface area (Å²) in [6.07, 6.45) is 6.11. The van der Waals surface area contributed by atoms with Crippen molar-refractivity contribution < 1.29 is 21.7 Å². The number of nitrogens with one attached hydrogen (secondary N) is 2. The van der Waals surface area contributed by atoms with Crippen LogP contribution in [0.5, 0.6) is 11.5 Å². The third kappa shape index (κ3) is 5.43.